The fraction of sp³-hybridized carbons (Fsp3) is 0.857. The first kappa shape index (κ1) is 20.9. The standard InChI is InChI=1S/C14H28N4O3.ClH/c1-3-16-13(20)18-14(6-4-5-7-14)12(19)17-9-8-15-10-11-21-2;/h15H,3-11H2,1-2H3,(H,17,19)(H2,16,18,20);1H. The highest BCUT2D eigenvalue weighted by atomic mass is 35.5. The summed E-state index contributed by atoms with van der Waals surface area (Å²) in [6, 6.07) is -0.271. The summed E-state index contributed by atoms with van der Waals surface area (Å²) in [6.45, 7) is 5.04. The molecule has 8 heteroatoms. The van der Waals surface area contributed by atoms with Crippen molar-refractivity contribution in [2.45, 2.75) is 38.1 Å². The van der Waals surface area contributed by atoms with Crippen molar-refractivity contribution in [3.63, 3.8) is 0 Å². The second-order valence-electron chi connectivity index (χ2n) is 5.27. The molecule has 0 atom stereocenters. The summed E-state index contributed by atoms with van der Waals surface area (Å²) in [4.78, 5) is 24.1. The normalized spacial score (nSPS) is 15.7. The van der Waals surface area contributed by atoms with Gasteiger partial charge in [-0.05, 0) is 19.8 Å². The minimum absolute atomic E-state index is 0. The van der Waals surface area contributed by atoms with E-state index in [1.807, 2.05) is 6.92 Å². The largest absolute Gasteiger partial charge is 0.383 e. The fourth-order valence-corrected chi connectivity index (χ4v) is 2.54. The predicted molar refractivity (Wildman–Crippen MR) is 88.4 cm³/mol. The van der Waals surface area contributed by atoms with Crippen LogP contribution in [0.3, 0.4) is 0 Å². The van der Waals surface area contributed by atoms with E-state index in [9.17, 15) is 9.59 Å². The molecule has 0 radical (unpaired) electrons. The van der Waals surface area contributed by atoms with Crippen LogP contribution in [0.25, 0.3) is 0 Å². The number of hydrogen-bond acceptors (Lipinski definition) is 4. The monoisotopic (exact) mass is 336 g/mol. The van der Waals surface area contributed by atoms with E-state index in [1.54, 1.807) is 7.11 Å². The Labute approximate surface area is 138 Å². The Morgan fingerprint density at radius 2 is 1.77 bits per heavy atom. The van der Waals surface area contributed by atoms with Gasteiger partial charge in [0.25, 0.3) is 0 Å². The molecule has 1 saturated carbocycles. The predicted octanol–water partition coefficient (Wildman–Crippen LogP) is 0.392. The SMILES string of the molecule is CCNC(=O)NC1(C(=O)NCCNCCOC)CCCC1.Cl. The maximum atomic E-state index is 12.4. The molecule has 3 amide bonds. The summed E-state index contributed by atoms with van der Waals surface area (Å²) in [5.41, 5.74) is -0.744. The van der Waals surface area contributed by atoms with Gasteiger partial charge in [-0.3, -0.25) is 4.79 Å². The van der Waals surface area contributed by atoms with E-state index < -0.39 is 5.54 Å². The molecule has 0 spiro atoms. The second-order valence-corrected chi connectivity index (χ2v) is 5.27. The van der Waals surface area contributed by atoms with Gasteiger partial charge in [0.2, 0.25) is 5.91 Å². The van der Waals surface area contributed by atoms with Gasteiger partial charge in [-0.2, -0.15) is 0 Å². The van der Waals surface area contributed by atoms with Gasteiger partial charge in [0.15, 0.2) is 0 Å². The quantitative estimate of drug-likeness (QED) is 0.458. The van der Waals surface area contributed by atoms with Gasteiger partial charge >= 0.3 is 6.03 Å². The molecule has 130 valence electrons. The van der Waals surface area contributed by atoms with E-state index in [0.717, 1.165) is 19.4 Å². The number of hydrogen-bond donors (Lipinski definition) is 4. The van der Waals surface area contributed by atoms with Crippen LogP contribution in [0.4, 0.5) is 4.79 Å². The van der Waals surface area contributed by atoms with Gasteiger partial charge < -0.3 is 26.0 Å². The third-order valence-electron chi connectivity index (χ3n) is 3.65. The molecular weight excluding hydrogens is 308 g/mol. The van der Waals surface area contributed by atoms with E-state index in [0.29, 0.717) is 39.1 Å². The summed E-state index contributed by atoms with van der Waals surface area (Å²) in [5, 5.41) is 11.6. The average molecular weight is 337 g/mol. The molecule has 1 fully saturated rings. The third kappa shape index (κ3) is 6.81. The number of carbonyl (C=O) groups is 2. The van der Waals surface area contributed by atoms with Crippen LogP contribution in [0.5, 0.6) is 0 Å². The lowest BCUT2D eigenvalue weighted by Crippen LogP contribution is -2.59. The highest BCUT2D eigenvalue weighted by Crippen LogP contribution is 2.29. The van der Waals surface area contributed by atoms with Crippen LogP contribution in [0, 0.1) is 0 Å². The molecule has 0 heterocycles. The number of halogens is 1. The second kappa shape index (κ2) is 11.5. The topological polar surface area (TPSA) is 91.5 Å². The number of rotatable bonds is 9. The van der Waals surface area contributed by atoms with Gasteiger partial charge in [-0.15, -0.1) is 12.4 Å². The van der Waals surface area contributed by atoms with Crippen molar-refractivity contribution in [1.82, 2.24) is 21.3 Å². The summed E-state index contributed by atoms with van der Waals surface area (Å²) in [7, 11) is 1.65. The number of urea groups is 1. The molecule has 7 nitrogen and oxygen atoms in total. The minimum Gasteiger partial charge on any atom is -0.383 e. The van der Waals surface area contributed by atoms with E-state index in [4.69, 9.17) is 4.74 Å². The molecule has 0 aliphatic heterocycles. The van der Waals surface area contributed by atoms with Crippen molar-refractivity contribution < 1.29 is 14.3 Å². The van der Waals surface area contributed by atoms with E-state index in [1.165, 1.54) is 0 Å². The van der Waals surface area contributed by atoms with Gasteiger partial charge in [0.1, 0.15) is 5.54 Å². The van der Waals surface area contributed by atoms with Gasteiger partial charge in [-0.1, -0.05) is 12.8 Å². The van der Waals surface area contributed by atoms with Crippen molar-refractivity contribution in [3.8, 4) is 0 Å². The molecule has 0 aromatic carbocycles. The lowest BCUT2D eigenvalue weighted by Gasteiger charge is -2.29. The molecule has 1 aliphatic carbocycles. The molecule has 22 heavy (non-hydrogen) atoms. The molecule has 1 aliphatic rings. The third-order valence-corrected chi connectivity index (χ3v) is 3.65. The molecule has 4 N–H and O–H groups in total. The Balaban J connectivity index is 0.00000441. The Hall–Kier alpha value is -1.05. The van der Waals surface area contributed by atoms with E-state index >= 15 is 0 Å². The summed E-state index contributed by atoms with van der Waals surface area (Å²) >= 11 is 0. The molecule has 1 rings (SSSR count). The average Bonchev–Trinajstić information content (AvgIpc) is 2.92. The number of nitrogens with one attached hydrogen (secondary N) is 4. The highest BCUT2D eigenvalue weighted by Gasteiger charge is 2.42. The molecule has 0 bridgehead atoms. The van der Waals surface area contributed by atoms with E-state index in [2.05, 4.69) is 21.3 Å². The van der Waals surface area contributed by atoms with Crippen molar-refractivity contribution >= 4 is 24.3 Å². The number of carbonyl (C=O) groups excluding carboxylic acids is 2. The molecule has 0 aromatic rings. The summed E-state index contributed by atoms with van der Waals surface area (Å²) in [5.74, 6) is -0.0835. The number of amides is 3. The molecular formula is C14H29ClN4O3. The van der Waals surface area contributed by atoms with Gasteiger partial charge in [0.05, 0.1) is 6.61 Å². The zero-order chi connectivity index (χ0) is 15.6. The lowest BCUT2D eigenvalue weighted by molar-refractivity contribution is -0.127. The first-order valence-corrected chi connectivity index (χ1v) is 7.68. The van der Waals surface area contributed by atoms with Crippen molar-refractivity contribution in [2.75, 3.05) is 39.9 Å². The number of methoxy groups -OCH3 is 1. The van der Waals surface area contributed by atoms with Crippen molar-refractivity contribution in [2.24, 2.45) is 0 Å². The van der Waals surface area contributed by atoms with Crippen molar-refractivity contribution in [1.29, 1.82) is 0 Å². The van der Waals surface area contributed by atoms with Gasteiger partial charge in [-0.25, -0.2) is 4.79 Å². The zero-order valence-electron chi connectivity index (χ0n) is 13.5. The Kier molecular flexibility index (Phi) is 11.0. The van der Waals surface area contributed by atoms with Crippen molar-refractivity contribution in [3.05, 3.63) is 0 Å². The summed E-state index contributed by atoms with van der Waals surface area (Å²) < 4.78 is 4.93. The lowest BCUT2D eigenvalue weighted by atomic mass is 9.96. The minimum atomic E-state index is -0.744. The fourth-order valence-electron chi connectivity index (χ4n) is 2.54. The van der Waals surface area contributed by atoms with Crippen LogP contribution < -0.4 is 21.3 Å². The Bertz CT molecular complexity index is 336. The maximum Gasteiger partial charge on any atom is 0.315 e. The maximum absolute atomic E-state index is 12.4. The van der Waals surface area contributed by atoms with Crippen LogP contribution >= 0.6 is 12.4 Å². The van der Waals surface area contributed by atoms with Crippen LogP contribution in [0.1, 0.15) is 32.6 Å². The molecule has 0 unspecified atom stereocenters. The van der Waals surface area contributed by atoms with Crippen LogP contribution in [-0.4, -0.2) is 57.4 Å². The summed E-state index contributed by atoms with van der Waals surface area (Å²) in [6.07, 6.45) is 3.33. The smallest absolute Gasteiger partial charge is 0.315 e. The van der Waals surface area contributed by atoms with Gasteiger partial charge in [0, 0.05) is 33.3 Å². The number of ether oxygens (including phenoxy) is 1. The van der Waals surface area contributed by atoms with E-state index in [-0.39, 0.29) is 24.3 Å². The van der Waals surface area contributed by atoms with Crippen LogP contribution in [0.15, 0.2) is 0 Å². The van der Waals surface area contributed by atoms with Crippen LogP contribution in [0.2, 0.25) is 0 Å². The Morgan fingerprint density at radius 3 is 2.36 bits per heavy atom. The molecule has 0 aromatic heterocycles. The van der Waals surface area contributed by atoms with Crippen LogP contribution in [-0.2, 0) is 9.53 Å². The first-order chi connectivity index (χ1) is 10.1. The Morgan fingerprint density at radius 1 is 1.09 bits per heavy atom. The molecule has 0 saturated heterocycles. The highest BCUT2D eigenvalue weighted by molar-refractivity contribution is 5.91. The zero-order valence-corrected chi connectivity index (χ0v) is 14.3. The first-order valence-electron chi connectivity index (χ1n) is 7.68.